The van der Waals surface area contributed by atoms with Crippen LogP contribution >= 0.6 is 0 Å². The molecule has 0 radical (unpaired) electrons. The molecule has 0 saturated carbocycles. The molecule has 0 spiro atoms. The summed E-state index contributed by atoms with van der Waals surface area (Å²) < 4.78 is 57.2. The van der Waals surface area contributed by atoms with E-state index < -0.39 is 22.3 Å². The minimum absolute atomic E-state index is 0.219. The lowest BCUT2D eigenvalue weighted by Crippen LogP contribution is -2.38. The maximum absolute atomic E-state index is 12.7. The van der Waals surface area contributed by atoms with Crippen molar-refractivity contribution >= 4 is 11.5 Å². The Morgan fingerprint density at radius 3 is 2.44 bits per heavy atom. The molecule has 0 aliphatic carbocycles. The van der Waals surface area contributed by atoms with Gasteiger partial charge in [0.2, 0.25) is 0 Å². The molecule has 5 rings (SSSR count). The number of nitro groups is 1. The molecular formula is C27H29F3N4O5. The molecule has 3 aromatic rings. The summed E-state index contributed by atoms with van der Waals surface area (Å²) in [6.45, 7) is 5.20. The van der Waals surface area contributed by atoms with Crippen LogP contribution in [-0.2, 0) is 24.1 Å². The van der Waals surface area contributed by atoms with E-state index in [1.807, 2.05) is 31.2 Å². The molecule has 1 atom stereocenters. The van der Waals surface area contributed by atoms with E-state index >= 15 is 0 Å². The average Bonchev–Trinajstić information content (AvgIpc) is 3.44. The number of aromatic nitrogens is 2. The zero-order valence-electron chi connectivity index (χ0n) is 21.4. The lowest BCUT2D eigenvalue weighted by Gasteiger charge is -2.33. The first-order valence-corrected chi connectivity index (χ1v) is 12.7. The third kappa shape index (κ3) is 6.44. The molecule has 1 unspecified atom stereocenters. The summed E-state index contributed by atoms with van der Waals surface area (Å²) in [4.78, 5) is 16.5. The average molecular weight is 547 g/mol. The molecule has 2 aliphatic heterocycles. The fourth-order valence-electron chi connectivity index (χ4n) is 4.84. The Bertz CT molecular complexity index is 1260. The van der Waals surface area contributed by atoms with Crippen LogP contribution in [0.25, 0.3) is 0 Å². The van der Waals surface area contributed by atoms with E-state index in [2.05, 4.69) is 9.88 Å². The Morgan fingerprint density at radius 1 is 1.13 bits per heavy atom. The summed E-state index contributed by atoms with van der Waals surface area (Å²) in [7, 11) is 0. The summed E-state index contributed by atoms with van der Waals surface area (Å²) in [5.74, 6) is 0.866. The summed E-state index contributed by atoms with van der Waals surface area (Å²) in [6.07, 6.45) is -1.03. The van der Waals surface area contributed by atoms with Gasteiger partial charge in [0.15, 0.2) is 5.60 Å². The third-order valence-electron chi connectivity index (χ3n) is 7.02. The highest BCUT2D eigenvalue weighted by Gasteiger charge is 2.41. The first kappa shape index (κ1) is 26.8. The predicted molar refractivity (Wildman–Crippen MR) is 136 cm³/mol. The van der Waals surface area contributed by atoms with Crippen LogP contribution in [-0.4, -0.2) is 46.4 Å². The number of anilines is 1. The Balaban J connectivity index is 1.03. The molecule has 0 bridgehead atoms. The number of hydrogen-bond acceptors (Lipinski definition) is 7. The van der Waals surface area contributed by atoms with Crippen LogP contribution < -0.4 is 14.4 Å². The molecular weight excluding hydrogens is 517 g/mol. The highest BCUT2D eigenvalue weighted by molar-refractivity contribution is 5.49. The van der Waals surface area contributed by atoms with Crippen molar-refractivity contribution in [1.82, 2.24) is 9.55 Å². The number of fused-ring (bicyclic) bond motifs is 1. The highest BCUT2D eigenvalue weighted by Crippen LogP contribution is 2.32. The van der Waals surface area contributed by atoms with E-state index in [-0.39, 0.29) is 18.4 Å². The topological polar surface area (TPSA) is 91.9 Å². The van der Waals surface area contributed by atoms with Crippen LogP contribution in [0.2, 0.25) is 0 Å². The van der Waals surface area contributed by atoms with E-state index in [9.17, 15) is 23.3 Å². The van der Waals surface area contributed by atoms with Gasteiger partial charge in [-0.25, -0.2) is 0 Å². The molecule has 1 fully saturated rings. The van der Waals surface area contributed by atoms with Crippen molar-refractivity contribution < 1.29 is 32.3 Å². The first-order valence-electron chi connectivity index (χ1n) is 12.7. The lowest BCUT2D eigenvalue weighted by atomic mass is 9.97. The van der Waals surface area contributed by atoms with E-state index in [0.717, 1.165) is 49.3 Å². The van der Waals surface area contributed by atoms with E-state index in [1.165, 1.54) is 18.3 Å². The van der Waals surface area contributed by atoms with Crippen molar-refractivity contribution in [2.75, 3.05) is 31.2 Å². The minimum atomic E-state index is -4.33. The third-order valence-corrected chi connectivity index (χ3v) is 7.02. The van der Waals surface area contributed by atoms with Gasteiger partial charge in [-0.2, -0.15) is 13.2 Å². The van der Waals surface area contributed by atoms with Gasteiger partial charge in [-0.1, -0.05) is 12.1 Å². The van der Waals surface area contributed by atoms with Gasteiger partial charge in [-0.3, -0.25) is 4.57 Å². The number of nitrogens with zero attached hydrogens (tertiary/aromatic N) is 4. The number of piperidine rings is 1. The fraction of sp³-hybridized carbons (Fsp3) is 0.444. The van der Waals surface area contributed by atoms with Gasteiger partial charge in [-0.15, -0.1) is 0 Å². The Hall–Kier alpha value is -3.80. The van der Waals surface area contributed by atoms with Crippen LogP contribution in [0.3, 0.4) is 0 Å². The van der Waals surface area contributed by atoms with Crippen LogP contribution in [0.15, 0.2) is 54.7 Å². The quantitative estimate of drug-likeness (QED) is 0.260. The maximum Gasteiger partial charge on any atom is 0.416 e. The smallest absolute Gasteiger partial charge is 0.416 e. The molecule has 1 saturated heterocycles. The highest BCUT2D eigenvalue weighted by atomic mass is 19.4. The molecule has 1 aromatic heterocycles. The number of benzene rings is 2. The first-order chi connectivity index (χ1) is 18.6. The zero-order chi connectivity index (χ0) is 27.6. The molecule has 2 aliphatic rings. The van der Waals surface area contributed by atoms with Crippen molar-refractivity contribution in [3.8, 4) is 11.8 Å². The van der Waals surface area contributed by atoms with Crippen LogP contribution in [0, 0.1) is 16.0 Å². The van der Waals surface area contributed by atoms with Gasteiger partial charge in [0.25, 0.3) is 0 Å². The molecule has 208 valence electrons. The van der Waals surface area contributed by atoms with Crippen molar-refractivity contribution in [2.45, 2.75) is 44.7 Å². The van der Waals surface area contributed by atoms with Gasteiger partial charge in [0.05, 0.1) is 18.7 Å². The SMILES string of the molecule is CC1(COc2ccc(N3CCC(COCc4ccc(C(F)(F)F)cc4)CC3)cc2)Cn2cc([N+](=O)[O-])nc2O1. The fourth-order valence-corrected chi connectivity index (χ4v) is 4.84. The second kappa shape index (κ2) is 10.8. The molecule has 9 nitrogen and oxygen atoms in total. The Kier molecular flexibility index (Phi) is 7.39. The maximum atomic E-state index is 12.7. The van der Waals surface area contributed by atoms with Gasteiger partial charge in [0, 0.05) is 30.4 Å². The van der Waals surface area contributed by atoms with Gasteiger partial charge in [-0.05, 0) is 72.6 Å². The molecule has 12 heteroatoms. The summed E-state index contributed by atoms with van der Waals surface area (Å²) in [5, 5.41) is 10.9. The standard InChI is InChI=1S/C27H29F3N4O5/c1-26(17-33-14-24(34(35)36)31-25(33)39-26)18-38-23-8-6-22(7-9-23)32-12-10-20(11-13-32)16-37-15-19-2-4-21(5-3-19)27(28,29)30/h2-9,14,20H,10-13,15-18H2,1H3. The number of rotatable bonds is 9. The van der Waals surface area contributed by atoms with Crippen LogP contribution in [0.1, 0.15) is 30.9 Å². The van der Waals surface area contributed by atoms with E-state index in [0.29, 0.717) is 31.4 Å². The number of imidazole rings is 1. The number of ether oxygens (including phenoxy) is 3. The lowest BCUT2D eigenvalue weighted by molar-refractivity contribution is -0.389. The summed E-state index contributed by atoms with van der Waals surface area (Å²) in [6, 6.07) is 13.2. The largest absolute Gasteiger partial charge is 0.489 e. The number of hydrogen-bond donors (Lipinski definition) is 0. The van der Waals surface area contributed by atoms with Gasteiger partial charge in [0.1, 0.15) is 18.6 Å². The minimum Gasteiger partial charge on any atom is -0.489 e. The van der Waals surface area contributed by atoms with Crippen molar-refractivity contribution in [3.05, 3.63) is 76.0 Å². The Labute approximate surface area is 223 Å². The van der Waals surface area contributed by atoms with Crippen LogP contribution in [0.5, 0.6) is 11.8 Å². The van der Waals surface area contributed by atoms with Gasteiger partial charge < -0.3 is 29.2 Å². The molecule has 2 aromatic carbocycles. The summed E-state index contributed by atoms with van der Waals surface area (Å²) in [5.41, 5.74) is 0.499. The predicted octanol–water partition coefficient (Wildman–Crippen LogP) is 5.47. The van der Waals surface area contributed by atoms with E-state index in [4.69, 9.17) is 14.2 Å². The molecule has 0 N–H and O–H groups in total. The normalized spacial score (nSPS) is 19.5. The second-order valence-electron chi connectivity index (χ2n) is 10.2. The molecule has 0 amide bonds. The van der Waals surface area contributed by atoms with Crippen molar-refractivity contribution in [1.29, 1.82) is 0 Å². The second-order valence-corrected chi connectivity index (χ2v) is 10.2. The monoisotopic (exact) mass is 546 g/mol. The summed E-state index contributed by atoms with van der Waals surface area (Å²) >= 11 is 0. The van der Waals surface area contributed by atoms with Crippen LogP contribution in [0.4, 0.5) is 24.7 Å². The van der Waals surface area contributed by atoms with Gasteiger partial charge >= 0.3 is 18.0 Å². The van der Waals surface area contributed by atoms with Crippen molar-refractivity contribution in [3.63, 3.8) is 0 Å². The zero-order valence-corrected chi connectivity index (χ0v) is 21.4. The van der Waals surface area contributed by atoms with E-state index in [1.54, 1.807) is 4.57 Å². The number of halogens is 3. The Morgan fingerprint density at radius 2 is 1.82 bits per heavy atom. The molecule has 39 heavy (non-hydrogen) atoms. The molecule has 3 heterocycles. The number of alkyl halides is 3. The van der Waals surface area contributed by atoms with Crippen molar-refractivity contribution in [2.24, 2.45) is 5.92 Å².